The summed E-state index contributed by atoms with van der Waals surface area (Å²) in [6, 6.07) is 1.19. The van der Waals surface area contributed by atoms with Gasteiger partial charge in [0.05, 0.1) is 16.8 Å². The van der Waals surface area contributed by atoms with Crippen LogP contribution in [0.2, 0.25) is 0 Å². The number of aromatic amines is 1. The van der Waals surface area contributed by atoms with Gasteiger partial charge in [-0.25, -0.2) is 4.39 Å². The zero-order valence-corrected chi connectivity index (χ0v) is 15.1. The first-order chi connectivity index (χ1) is 12.3. The molecule has 1 fully saturated rings. The van der Waals surface area contributed by atoms with Crippen LogP contribution in [-0.2, 0) is 4.79 Å². The molecule has 2 heterocycles. The van der Waals surface area contributed by atoms with E-state index >= 15 is 0 Å². The van der Waals surface area contributed by atoms with Crippen molar-refractivity contribution in [2.45, 2.75) is 20.8 Å². The molecule has 1 aliphatic heterocycles. The lowest BCUT2D eigenvalue weighted by atomic mass is 10.0. The normalized spacial score (nSPS) is 14.3. The predicted octanol–water partition coefficient (Wildman–Crippen LogP) is 1.69. The molecule has 0 atom stereocenters. The minimum Gasteiger partial charge on any atom is -0.366 e. The monoisotopic (exact) mass is 356 g/mol. The van der Waals surface area contributed by atoms with Crippen molar-refractivity contribution in [2.24, 2.45) is 5.73 Å². The second-order valence-corrected chi connectivity index (χ2v) is 6.40. The van der Waals surface area contributed by atoms with E-state index in [4.69, 9.17) is 5.73 Å². The third-order valence-corrected chi connectivity index (χ3v) is 4.88. The number of hydrogen-bond donors (Lipinski definition) is 2. The fourth-order valence-corrected chi connectivity index (χ4v) is 3.43. The lowest BCUT2D eigenvalue weighted by Gasteiger charge is -2.36. The highest BCUT2D eigenvalue weighted by atomic mass is 19.1. The van der Waals surface area contributed by atoms with E-state index in [0.29, 0.717) is 42.8 Å². The Morgan fingerprint density at radius 3 is 2.46 bits per heavy atom. The number of rotatable bonds is 2. The summed E-state index contributed by atoms with van der Waals surface area (Å²) < 4.78 is 14.9. The summed E-state index contributed by atoms with van der Waals surface area (Å²) in [5.74, 6) is 3.77. The Morgan fingerprint density at radius 1 is 1.23 bits per heavy atom. The Bertz CT molecular complexity index is 960. The molecule has 0 unspecified atom stereocenters. The van der Waals surface area contributed by atoms with Gasteiger partial charge in [0.15, 0.2) is 0 Å². The van der Waals surface area contributed by atoms with Gasteiger partial charge in [0, 0.05) is 37.3 Å². The van der Waals surface area contributed by atoms with E-state index in [2.05, 4.69) is 16.8 Å². The number of aromatic nitrogens is 1. The highest BCUT2D eigenvalue weighted by Crippen LogP contribution is 2.36. The van der Waals surface area contributed by atoms with Crippen molar-refractivity contribution in [1.82, 2.24) is 9.88 Å². The number of aryl methyl sites for hydroxylation is 2. The van der Waals surface area contributed by atoms with Gasteiger partial charge in [-0.05, 0) is 38.3 Å². The topological polar surface area (TPSA) is 82.4 Å². The van der Waals surface area contributed by atoms with Gasteiger partial charge in [-0.3, -0.25) is 9.59 Å². The molecule has 6 nitrogen and oxygen atoms in total. The molecule has 1 aromatic carbocycles. The molecular weight excluding hydrogens is 335 g/mol. The number of carbonyl (C=O) groups is 2. The van der Waals surface area contributed by atoms with Crippen LogP contribution in [0.1, 0.15) is 28.5 Å². The van der Waals surface area contributed by atoms with Crippen molar-refractivity contribution in [3.8, 4) is 11.8 Å². The summed E-state index contributed by atoms with van der Waals surface area (Å²) in [6.45, 7) is 7.30. The van der Waals surface area contributed by atoms with Crippen LogP contribution in [0.3, 0.4) is 0 Å². The van der Waals surface area contributed by atoms with Crippen LogP contribution in [0.15, 0.2) is 6.07 Å². The van der Waals surface area contributed by atoms with Gasteiger partial charge in [-0.15, -0.1) is 0 Å². The quantitative estimate of drug-likeness (QED) is 0.804. The van der Waals surface area contributed by atoms with Gasteiger partial charge in [0.25, 0.3) is 11.8 Å². The number of fused-ring (bicyclic) bond motifs is 1. The fourth-order valence-electron chi connectivity index (χ4n) is 3.43. The second kappa shape index (κ2) is 6.71. The highest BCUT2D eigenvalue weighted by Gasteiger charge is 2.27. The number of benzene rings is 1. The predicted molar refractivity (Wildman–Crippen MR) is 98.5 cm³/mol. The number of halogens is 1. The molecule has 0 saturated carbocycles. The number of primary amides is 1. The lowest BCUT2D eigenvalue weighted by molar-refractivity contribution is -0.125. The van der Waals surface area contributed by atoms with Crippen LogP contribution in [0.5, 0.6) is 0 Å². The molecule has 2 amide bonds. The highest BCUT2D eigenvalue weighted by molar-refractivity contribution is 6.10. The van der Waals surface area contributed by atoms with E-state index in [1.807, 2.05) is 18.7 Å². The molecular formula is C19H21FN4O2. The minimum atomic E-state index is -0.671. The maximum Gasteiger partial charge on any atom is 0.298 e. The van der Waals surface area contributed by atoms with Crippen LogP contribution in [-0.4, -0.2) is 47.9 Å². The summed E-state index contributed by atoms with van der Waals surface area (Å²) in [5, 5.41) is 0.671. The number of nitrogens with one attached hydrogen (secondary N) is 1. The van der Waals surface area contributed by atoms with Crippen LogP contribution in [0.4, 0.5) is 10.1 Å². The molecule has 1 aromatic heterocycles. The van der Waals surface area contributed by atoms with Crippen molar-refractivity contribution in [1.29, 1.82) is 0 Å². The number of nitrogens with two attached hydrogens (primary N) is 1. The first-order valence-corrected chi connectivity index (χ1v) is 8.43. The molecule has 0 radical (unpaired) electrons. The van der Waals surface area contributed by atoms with Crippen LogP contribution in [0.25, 0.3) is 10.9 Å². The minimum absolute atomic E-state index is 0.143. The van der Waals surface area contributed by atoms with Crippen molar-refractivity contribution < 1.29 is 14.0 Å². The lowest BCUT2D eigenvalue weighted by Crippen LogP contribution is -2.48. The van der Waals surface area contributed by atoms with E-state index in [9.17, 15) is 14.0 Å². The van der Waals surface area contributed by atoms with Gasteiger partial charge in [-0.2, -0.15) is 0 Å². The molecule has 0 bridgehead atoms. The molecule has 26 heavy (non-hydrogen) atoms. The molecule has 3 N–H and O–H groups in total. The first-order valence-electron chi connectivity index (χ1n) is 8.43. The first kappa shape index (κ1) is 17.8. The summed E-state index contributed by atoms with van der Waals surface area (Å²) in [7, 11) is 0. The maximum atomic E-state index is 14.9. The number of anilines is 1. The van der Waals surface area contributed by atoms with Crippen molar-refractivity contribution in [3.05, 3.63) is 28.7 Å². The van der Waals surface area contributed by atoms with E-state index in [-0.39, 0.29) is 11.5 Å². The average Bonchev–Trinajstić information content (AvgIpc) is 2.90. The molecule has 0 spiro atoms. The van der Waals surface area contributed by atoms with Gasteiger partial charge in [0.2, 0.25) is 0 Å². The Morgan fingerprint density at radius 2 is 1.88 bits per heavy atom. The molecule has 0 aliphatic carbocycles. The number of H-pyrrole nitrogens is 1. The van der Waals surface area contributed by atoms with Crippen molar-refractivity contribution >= 4 is 28.4 Å². The van der Waals surface area contributed by atoms with E-state index in [0.717, 1.165) is 11.3 Å². The SMILES string of the molecule is CC#CC(=O)N1CCN(c2c(F)cc(C(N)=O)c3[nH]c(C)c(C)c23)CC1. The number of nitrogens with zero attached hydrogens (tertiary/aromatic N) is 2. The standard InChI is InChI=1S/C19H21FN4O2/c1-4-5-15(25)23-6-8-24(9-7-23)18-14(20)10-13(19(21)26)17-16(18)11(2)12(3)22-17/h10,22H,6-9H2,1-3H3,(H2,21,26). The fraction of sp³-hybridized carbons (Fsp3) is 0.368. The van der Waals surface area contributed by atoms with Gasteiger partial charge >= 0.3 is 0 Å². The van der Waals surface area contributed by atoms with E-state index < -0.39 is 11.7 Å². The van der Waals surface area contributed by atoms with E-state index in [1.54, 1.807) is 11.8 Å². The van der Waals surface area contributed by atoms with Crippen molar-refractivity contribution in [2.75, 3.05) is 31.1 Å². The summed E-state index contributed by atoms with van der Waals surface area (Å²) in [6.07, 6.45) is 0. The summed E-state index contributed by atoms with van der Waals surface area (Å²) in [5.41, 5.74) is 8.31. The molecule has 1 aliphatic rings. The number of hydrogen-bond acceptors (Lipinski definition) is 3. The number of piperazine rings is 1. The molecule has 1 saturated heterocycles. The van der Waals surface area contributed by atoms with Crippen molar-refractivity contribution in [3.63, 3.8) is 0 Å². The van der Waals surface area contributed by atoms with Gasteiger partial charge < -0.3 is 20.5 Å². The second-order valence-electron chi connectivity index (χ2n) is 6.40. The number of carbonyl (C=O) groups excluding carboxylic acids is 2. The summed E-state index contributed by atoms with van der Waals surface area (Å²) >= 11 is 0. The Labute approximate surface area is 151 Å². The third kappa shape index (κ3) is 2.88. The molecule has 7 heteroatoms. The Kier molecular flexibility index (Phi) is 4.60. The Balaban J connectivity index is 2.02. The summed E-state index contributed by atoms with van der Waals surface area (Å²) in [4.78, 5) is 30.3. The van der Waals surface area contributed by atoms with Crippen LogP contribution in [0, 0.1) is 31.5 Å². The molecule has 3 rings (SSSR count). The van der Waals surface area contributed by atoms with Gasteiger partial charge in [-0.1, -0.05) is 5.92 Å². The third-order valence-electron chi connectivity index (χ3n) is 4.88. The Hall–Kier alpha value is -3.01. The van der Waals surface area contributed by atoms with Crippen LogP contribution < -0.4 is 10.6 Å². The zero-order valence-electron chi connectivity index (χ0n) is 15.1. The largest absolute Gasteiger partial charge is 0.366 e. The smallest absolute Gasteiger partial charge is 0.298 e. The number of amides is 2. The van der Waals surface area contributed by atoms with Gasteiger partial charge in [0.1, 0.15) is 5.82 Å². The average molecular weight is 356 g/mol. The van der Waals surface area contributed by atoms with Crippen LogP contribution >= 0.6 is 0 Å². The molecule has 2 aromatic rings. The zero-order chi connectivity index (χ0) is 19.0. The maximum absolute atomic E-state index is 14.9. The molecule has 136 valence electrons. The van der Waals surface area contributed by atoms with E-state index in [1.165, 1.54) is 6.07 Å².